The fourth-order valence-corrected chi connectivity index (χ4v) is 2.57. The third-order valence-corrected chi connectivity index (χ3v) is 3.30. The molecule has 98 valence electrons. The molecule has 2 unspecified atom stereocenters. The minimum Gasteiger partial charge on any atom is -0.373 e. The minimum atomic E-state index is -0.114. The Morgan fingerprint density at radius 3 is 2.78 bits per heavy atom. The molecule has 1 amide bonds. The molecule has 18 heavy (non-hydrogen) atoms. The Balaban J connectivity index is 1.89. The lowest BCUT2D eigenvalue weighted by Crippen LogP contribution is -2.43. The second kappa shape index (κ2) is 5.42. The highest BCUT2D eigenvalue weighted by molar-refractivity contribution is 5.87. The second-order valence-electron chi connectivity index (χ2n) is 5.60. The van der Waals surface area contributed by atoms with Gasteiger partial charge in [0.25, 0.3) is 0 Å². The van der Waals surface area contributed by atoms with Gasteiger partial charge in [0.2, 0.25) is 5.91 Å². The van der Waals surface area contributed by atoms with E-state index in [-0.39, 0.29) is 18.0 Å². The zero-order valence-corrected chi connectivity index (χ0v) is 11.4. The van der Waals surface area contributed by atoms with Gasteiger partial charge in [0, 0.05) is 18.2 Å². The number of rotatable bonds is 4. The van der Waals surface area contributed by atoms with Gasteiger partial charge in [-0.15, -0.1) is 0 Å². The van der Waals surface area contributed by atoms with Gasteiger partial charge in [-0.05, 0) is 30.9 Å². The minimum absolute atomic E-state index is 0.111. The predicted molar refractivity (Wildman–Crippen MR) is 74.6 cm³/mol. The van der Waals surface area contributed by atoms with Crippen LogP contribution in [0.4, 0.5) is 5.69 Å². The highest BCUT2D eigenvalue weighted by Crippen LogP contribution is 2.25. The van der Waals surface area contributed by atoms with Gasteiger partial charge >= 0.3 is 0 Å². The molecule has 1 heterocycles. The average Bonchev–Trinajstić information content (AvgIpc) is 2.71. The summed E-state index contributed by atoms with van der Waals surface area (Å²) in [4.78, 5) is 12.1. The van der Waals surface area contributed by atoms with Crippen molar-refractivity contribution in [2.45, 2.75) is 45.7 Å². The molecule has 0 aliphatic carbocycles. The number of fused-ring (bicyclic) bond motifs is 1. The van der Waals surface area contributed by atoms with E-state index in [1.807, 2.05) is 18.2 Å². The van der Waals surface area contributed by atoms with Crippen molar-refractivity contribution in [3.05, 3.63) is 29.8 Å². The van der Waals surface area contributed by atoms with Crippen LogP contribution in [-0.4, -0.2) is 18.0 Å². The maximum absolute atomic E-state index is 12.1. The fourth-order valence-electron chi connectivity index (χ4n) is 2.57. The Kier molecular flexibility index (Phi) is 3.90. The lowest BCUT2D eigenvalue weighted by atomic mass is 10.0. The summed E-state index contributed by atoms with van der Waals surface area (Å²) >= 11 is 0. The van der Waals surface area contributed by atoms with Gasteiger partial charge in [-0.25, -0.2) is 0 Å². The van der Waals surface area contributed by atoms with Gasteiger partial charge < -0.3 is 10.6 Å². The quantitative estimate of drug-likeness (QED) is 0.857. The highest BCUT2D eigenvalue weighted by atomic mass is 16.2. The number of carbonyl (C=O) groups excluding carboxylic acids is 1. The van der Waals surface area contributed by atoms with Crippen molar-refractivity contribution in [3.8, 4) is 0 Å². The smallest absolute Gasteiger partial charge is 0.243 e. The molecule has 0 saturated carbocycles. The molecule has 0 saturated heterocycles. The Morgan fingerprint density at radius 1 is 1.39 bits per heavy atom. The van der Waals surface area contributed by atoms with Crippen molar-refractivity contribution < 1.29 is 4.79 Å². The van der Waals surface area contributed by atoms with Crippen LogP contribution >= 0.6 is 0 Å². The Morgan fingerprint density at radius 2 is 2.11 bits per heavy atom. The summed E-state index contributed by atoms with van der Waals surface area (Å²) in [6.45, 7) is 6.42. The summed E-state index contributed by atoms with van der Waals surface area (Å²) in [6.07, 6.45) is 1.81. The summed E-state index contributed by atoms with van der Waals surface area (Å²) in [5, 5.41) is 6.37. The molecule has 0 radical (unpaired) electrons. The van der Waals surface area contributed by atoms with Crippen LogP contribution in [0.2, 0.25) is 0 Å². The average molecular weight is 246 g/mol. The molecular weight excluding hydrogens is 224 g/mol. The SMILES string of the molecule is CC(C)CC(C)NC(=O)C1Cc2ccccc2N1. The zero-order valence-electron chi connectivity index (χ0n) is 11.4. The number of benzene rings is 1. The first-order valence-electron chi connectivity index (χ1n) is 6.71. The summed E-state index contributed by atoms with van der Waals surface area (Å²) in [5.41, 5.74) is 2.32. The standard InChI is InChI=1S/C15H22N2O/c1-10(2)8-11(3)16-15(18)14-9-12-6-4-5-7-13(12)17-14/h4-7,10-11,14,17H,8-9H2,1-3H3,(H,16,18). The maximum atomic E-state index is 12.1. The molecule has 1 aromatic rings. The van der Waals surface area contributed by atoms with Crippen molar-refractivity contribution in [3.63, 3.8) is 0 Å². The van der Waals surface area contributed by atoms with Crippen LogP contribution < -0.4 is 10.6 Å². The summed E-state index contributed by atoms with van der Waals surface area (Å²) in [6, 6.07) is 8.24. The molecule has 2 rings (SSSR count). The highest BCUT2D eigenvalue weighted by Gasteiger charge is 2.26. The number of anilines is 1. The largest absolute Gasteiger partial charge is 0.373 e. The van der Waals surface area contributed by atoms with E-state index in [2.05, 4.69) is 37.5 Å². The molecule has 0 fully saturated rings. The Bertz CT molecular complexity index is 403. The van der Waals surface area contributed by atoms with E-state index in [4.69, 9.17) is 0 Å². The van der Waals surface area contributed by atoms with Crippen molar-refractivity contribution in [1.82, 2.24) is 5.32 Å². The number of carbonyl (C=O) groups is 1. The van der Waals surface area contributed by atoms with Gasteiger partial charge in [-0.3, -0.25) is 4.79 Å². The van der Waals surface area contributed by atoms with Crippen LogP contribution in [0.25, 0.3) is 0 Å². The molecule has 0 spiro atoms. The second-order valence-corrected chi connectivity index (χ2v) is 5.60. The molecule has 2 atom stereocenters. The molecule has 1 aliphatic rings. The first-order valence-corrected chi connectivity index (χ1v) is 6.71. The van der Waals surface area contributed by atoms with Gasteiger partial charge in [0.15, 0.2) is 0 Å². The van der Waals surface area contributed by atoms with Gasteiger partial charge in [-0.2, -0.15) is 0 Å². The van der Waals surface area contributed by atoms with E-state index in [1.54, 1.807) is 0 Å². The first kappa shape index (κ1) is 12.9. The molecule has 1 aliphatic heterocycles. The number of para-hydroxylation sites is 1. The van der Waals surface area contributed by atoms with Crippen molar-refractivity contribution in [2.24, 2.45) is 5.92 Å². The topological polar surface area (TPSA) is 41.1 Å². The number of hydrogen-bond donors (Lipinski definition) is 2. The number of amides is 1. The molecule has 2 N–H and O–H groups in total. The van der Waals surface area contributed by atoms with Gasteiger partial charge in [0.1, 0.15) is 6.04 Å². The molecule has 1 aromatic carbocycles. The van der Waals surface area contributed by atoms with Gasteiger partial charge in [0.05, 0.1) is 0 Å². The van der Waals surface area contributed by atoms with E-state index < -0.39 is 0 Å². The number of hydrogen-bond acceptors (Lipinski definition) is 2. The van der Waals surface area contributed by atoms with E-state index in [9.17, 15) is 4.79 Å². The molecular formula is C15H22N2O. The van der Waals surface area contributed by atoms with Crippen molar-refractivity contribution in [1.29, 1.82) is 0 Å². The summed E-state index contributed by atoms with van der Waals surface area (Å²) < 4.78 is 0. The van der Waals surface area contributed by atoms with E-state index in [0.29, 0.717) is 5.92 Å². The third-order valence-electron chi connectivity index (χ3n) is 3.30. The lowest BCUT2D eigenvalue weighted by molar-refractivity contribution is -0.122. The Hall–Kier alpha value is -1.51. The molecule has 3 heteroatoms. The van der Waals surface area contributed by atoms with Crippen LogP contribution in [0.1, 0.15) is 32.8 Å². The summed E-state index contributed by atoms with van der Waals surface area (Å²) in [5.74, 6) is 0.716. The van der Waals surface area contributed by atoms with Crippen LogP contribution in [0.15, 0.2) is 24.3 Å². The summed E-state index contributed by atoms with van der Waals surface area (Å²) in [7, 11) is 0. The molecule has 0 aromatic heterocycles. The first-order chi connectivity index (χ1) is 8.56. The fraction of sp³-hybridized carbons (Fsp3) is 0.533. The van der Waals surface area contributed by atoms with Crippen molar-refractivity contribution >= 4 is 11.6 Å². The molecule has 3 nitrogen and oxygen atoms in total. The van der Waals surface area contributed by atoms with Crippen LogP contribution in [0.5, 0.6) is 0 Å². The van der Waals surface area contributed by atoms with E-state index >= 15 is 0 Å². The van der Waals surface area contributed by atoms with Crippen molar-refractivity contribution in [2.75, 3.05) is 5.32 Å². The number of nitrogens with one attached hydrogen (secondary N) is 2. The monoisotopic (exact) mass is 246 g/mol. The Labute approximate surface area is 109 Å². The van der Waals surface area contributed by atoms with E-state index in [1.165, 1.54) is 5.56 Å². The predicted octanol–water partition coefficient (Wildman–Crippen LogP) is 2.57. The van der Waals surface area contributed by atoms with Crippen LogP contribution in [0, 0.1) is 5.92 Å². The maximum Gasteiger partial charge on any atom is 0.243 e. The van der Waals surface area contributed by atoms with Crippen LogP contribution in [-0.2, 0) is 11.2 Å². The molecule has 0 bridgehead atoms. The third kappa shape index (κ3) is 3.03. The van der Waals surface area contributed by atoms with E-state index in [0.717, 1.165) is 18.5 Å². The normalized spacial score (nSPS) is 19.2. The lowest BCUT2D eigenvalue weighted by Gasteiger charge is -2.19. The van der Waals surface area contributed by atoms with Gasteiger partial charge in [-0.1, -0.05) is 32.0 Å². The zero-order chi connectivity index (χ0) is 13.1. The van der Waals surface area contributed by atoms with Crippen LogP contribution in [0.3, 0.4) is 0 Å².